The van der Waals surface area contributed by atoms with Crippen LogP contribution in [-0.2, 0) is 6.54 Å². The van der Waals surface area contributed by atoms with Gasteiger partial charge in [0, 0.05) is 23.8 Å². The van der Waals surface area contributed by atoms with Crippen LogP contribution in [0.15, 0.2) is 54.7 Å². The Morgan fingerprint density at radius 3 is 2.65 bits per heavy atom. The number of fused-ring (bicyclic) bond motifs is 1. The van der Waals surface area contributed by atoms with Gasteiger partial charge in [-0.3, -0.25) is 4.98 Å². The molecule has 20 heavy (non-hydrogen) atoms. The van der Waals surface area contributed by atoms with Crippen LogP contribution in [-0.4, -0.2) is 4.98 Å². The summed E-state index contributed by atoms with van der Waals surface area (Å²) in [5, 5.41) is 4.51. The summed E-state index contributed by atoms with van der Waals surface area (Å²) in [4.78, 5) is 4.34. The molecular weight excluding hydrogens is 246 g/mol. The molecule has 0 bridgehead atoms. The van der Waals surface area contributed by atoms with Crippen molar-refractivity contribution in [3.8, 4) is 0 Å². The zero-order valence-corrected chi connectivity index (χ0v) is 11.4. The van der Waals surface area contributed by atoms with Gasteiger partial charge in [0.2, 0.25) is 0 Å². The van der Waals surface area contributed by atoms with Gasteiger partial charge in [0.1, 0.15) is 0 Å². The van der Waals surface area contributed by atoms with E-state index in [2.05, 4.69) is 41.5 Å². The van der Waals surface area contributed by atoms with Crippen LogP contribution in [0.5, 0.6) is 0 Å². The topological polar surface area (TPSA) is 50.9 Å². The van der Waals surface area contributed by atoms with Gasteiger partial charge in [-0.1, -0.05) is 29.8 Å². The van der Waals surface area contributed by atoms with Gasteiger partial charge < -0.3 is 11.1 Å². The highest BCUT2D eigenvalue weighted by Crippen LogP contribution is 2.26. The summed E-state index contributed by atoms with van der Waals surface area (Å²) in [7, 11) is 0. The van der Waals surface area contributed by atoms with Crippen molar-refractivity contribution < 1.29 is 0 Å². The van der Waals surface area contributed by atoms with Crippen molar-refractivity contribution in [2.45, 2.75) is 13.5 Å². The van der Waals surface area contributed by atoms with Crippen molar-refractivity contribution in [1.29, 1.82) is 0 Å². The summed E-state index contributed by atoms with van der Waals surface area (Å²) in [5.41, 5.74) is 11.1. The Bertz CT molecular complexity index is 733. The summed E-state index contributed by atoms with van der Waals surface area (Å²) in [6, 6.07) is 16.4. The van der Waals surface area contributed by atoms with Gasteiger partial charge in [0.15, 0.2) is 0 Å². The molecule has 0 aliphatic heterocycles. The van der Waals surface area contributed by atoms with Crippen LogP contribution in [0, 0.1) is 6.92 Å². The van der Waals surface area contributed by atoms with Gasteiger partial charge in [0.05, 0.1) is 11.2 Å². The van der Waals surface area contributed by atoms with Crippen LogP contribution < -0.4 is 11.1 Å². The Labute approximate surface area is 118 Å². The number of nitrogens with two attached hydrogens (primary N) is 1. The van der Waals surface area contributed by atoms with E-state index in [0.29, 0.717) is 5.69 Å². The number of nitrogens with zero attached hydrogens (tertiary/aromatic N) is 1. The van der Waals surface area contributed by atoms with Crippen molar-refractivity contribution in [3.05, 3.63) is 65.9 Å². The van der Waals surface area contributed by atoms with E-state index in [0.717, 1.165) is 23.1 Å². The molecule has 100 valence electrons. The summed E-state index contributed by atoms with van der Waals surface area (Å²) in [5.74, 6) is 0. The number of hydrogen-bond acceptors (Lipinski definition) is 3. The zero-order chi connectivity index (χ0) is 13.9. The summed E-state index contributed by atoms with van der Waals surface area (Å²) >= 11 is 0. The Morgan fingerprint density at radius 1 is 1.05 bits per heavy atom. The van der Waals surface area contributed by atoms with Crippen LogP contribution in [0.2, 0.25) is 0 Å². The highest BCUT2D eigenvalue weighted by Gasteiger charge is 2.04. The van der Waals surface area contributed by atoms with Crippen LogP contribution in [0.4, 0.5) is 11.4 Å². The largest absolute Gasteiger partial charge is 0.397 e. The molecular formula is C17H17N3. The summed E-state index contributed by atoms with van der Waals surface area (Å²) in [6.07, 6.45) is 1.77. The number of nitrogen functional groups attached to an aromatic ring is 1. The molecule has 0 saturated heterocycles. The molecule has 3 rings (SSSR count). The van der Waals surface area contributed by atoms with E-state index in [1.54, 1.807) is 6.20 Å². The molecule has 0 aliphatic rings. The molecule has 0 amide bonds. The molecule has 0 atom stereocenters. The molecule has 0 radical (unpaired) electrons. The van der Waals surface area contributed by atoms with E-state index in [1.165, 1.54) is 11.1 Å². The Hall–Kier alpha value is -2.55. The lowest BCUT2D eigenvalue weighted by Crippen LogP contribution is -2.01. The maximum absolute atomic E-state index is 5.96. The van der Waals surface area contributed by atoms with Gasteiger partial charge in [-0.2, -0.15) is 0 Å². The number of anilines is 2. The SMILES string of the molecule is Cc1ccc(CNc2ccc(N)c3ncccc23)cc1. The Balaban J connectivity index is 1.88. The smallest absolute Gasteiger partial charge is 0.0951 e. The molecule has 0 aliphatic carbocycles. The average molecular weight is 263 g/mol. The standard InChI is InChI=1S/C17H17N3/c1-12-4-6-13(7-5-12)11-20-16-9-8-15(18)17-14(16)3-2-10-19-17/h2-10,20H,11,18H2,1H3. The minimum Gasteiger partial charge on any atom is -0.397 e. The molecule has 3 nitrogen and oxygen atoms in total. The van der Waals surface area contributed by atoms with E-state index in [4.69, 9.17) is 5.73 Å². The second kappa shape index (κ2) is 5.21. The average Bonchev–Trinajstić information content (AvgIpc) is 2.49. The fourth-order valence-corrected chi connectivity index (χ4v) is 2.25. The van der Waals surface area contributed by atoms with Gasteiger partial charge in [-0.25, -0.2) is 0 Å². The number of aromatic nitrogens is 1. The van der Waals surface area contributed by atoms with Gasteiger partial charge in [-0.05, 0) is 36.8 Å². The van der Waals surface area contributed by atoms with Gasteiger partial charge >= 0.3 is 0 Å². The highest BCUT2D eigenvalue weighted by molar-refractivity contribution is 5.98. The molecule has 1 heterocycles. The maximum Gasteiger partial charge on any atom is 0.0951 e. The molecule has 0 spiro atoms. The van der Waals surface area contributed by atoms with Crippen LogP contribution in [0.1, 0.15) is 11.1 Å². The third-order valence-corrected chi connectivity index (χ3v) is 3.40. The van der Waals surface area contributed by atoms with E-state index >= 15 is 0 Å². The van der Waals surface area contributed by atoms with E-state index in [-0.39, 0.29) is 0 Å². The minimum atomic E-state index is 0.710. The first kappa shape index (κ1) is 12.5. The van der Waals surface area contributed by atoms with Crippen molar-refractivity contribution in [2.75, 3.05) is 11.1 Å². The first-order valence-electron chi connectivity index (χ1n) is 6.66. The van der Waals surface area contributed by atoms with Crippen molar-refractivity contribution in [3.63, 3.8) is 0 Å². The minimum absolute atomic E-state index is 0.710. The molecule has 2 aromatic carbocycles. The number of rotatable bonds is 3. The van der Waals surface area contributed by atoms with Crippen molar-refractivity contribution >= 4 is 22.3 Å². The lowest BCUT2D eigenvalue weighted by Gasteiger charge is -2.11. The first-order chi connectivity index (χ1) is 9.74. The quantitative estimate of drug-likeness (QED) is 0.708. The van der Waals surface area contributed by atoms with Crippen molar-refractivity contribution in [1.82, 2.24) is 4.98 Å². The Kier molecular flexibility index (Phi) is 3.25. The second-order valence-electron chi connectivity index (χ2n) is 4.94. The molecule has 0 saturated carbocycles. The van der Waals surface area contributed by atoms with E-state index in [1.807, 2.05) is 24.3 Å². The third kappa shape index (κ3) is 2.43. The van der Waals surface area contributed by atoms with E-state index in [9.17, 15) is 0 Å². The predicted octanol–water partition coefficient (Wildman–Crippen LogP) is 3.74. The van der Waals surface area contributed by atoms with Crippen LogP contribution in [0.3, 0.4) is 0 Å². The molecule has 0 fully saturated rings. The number of aryl methyl sites for hydroxylation is 1. The zero-order valence-electron chi connectivity index (χ0n) is 11.4. The summed E-state index contributed by atoms with van der Waals surface area (Å²) < 4.78 is 0. The van der Waals surface area contributed by atoms with Gasteiger partial charge in [-0.15, -0.1) is 0 Å². The van der Waals surface area contributed by atoms with E-state index < -0.39 is 0 Å². The number of pyridine rings is 1. The number of benzene rings is 2. The molecule has 3 aromatic rings. The first-order valence-corrected chi connectivity index (χ1v) is 6.66. The molecule has 0 unspecified atom stereocenters. The van der Waals surface area contributed by atoms with Crippen LogP contribution >= 0.6 is 0 Å². The number of nitrogens with one attached hydrogen (secondary N) is 1. The van der Waals surface area contributed by atoms with Gasteiger partial charge in [0.25, 0.3) is 0 Å². The normalized spacial score (nSPS) is 10.7. The lowest BCUT2D eigenvalue weighted by molar-refractivity contribution is 1.15. The van der Waals surface area contributed by atoms with Crippen molar-refractivity contribution in [2.24, 2.45) is 0 Å². The Morgan fingerprint density at radius 2 is 1.85 bits per heavy atom. The molecule has 3 N–H and O–H groups in total. The summed E-state index contributed by atoms with van der Waals surface area (Å²) in [6.45, 7) is 2.88. The second-order valence-corrected chi connectivity index (χ2v) is 4.94. The monoisotopic (exact) mass is 263 g/mol. The maximum atomic E-state index is 5.96. The third-order valence-electron chi connectivity index (χ3n) is 3.40. The fraction of sp³-hybridized carbons (Fsp3) is 0.118. The fourth-order valence-electron chi connectivity index (χ4n) is 2.25. The van der Waals surface area contributed by atoms with Crippen LogP contribution in [0.25, 0.3) is 10.9 Å². The molecule has 3 heteroatoms. The molecule has 1 aromatic heterocycles. The lowest BCUT2D eigenvalue weighted by atomic mass is 10.1. The predicted molar refractivity (Wildman–Crippen MR) is 84.7 cm³/mol. The number of hydrogen-bond donors (Lipinski definition) is 2. The highest BCUT2D eigenvalue weighted by atomic mass is 14.9.